The predicted molar refractivity (Wildman–Crippen MR) is 74.2 cm³/mol. The summed E-state index contributed by atoms with van der Waals surface area (Å²) in [6.07, 6.45) is 1.71. The molecule has 0 spiro atoms. The number of hydrogen-bond acceptors (Lipinski definition) is 4. The first-order valence-electron chi connectivity index (χ1n) is 6.24. The van der Waals surface area contributed by atoms with E-state index in [1.807, 2.05) is 50.4 Å². The number of nitrogens with zero attached hydrogens (tertiary/aromatic N) is 1. The summed E-state index contributed by atoms with van der Waals surface area (Å²) in [6.45, 7) is 2.05. The van der Waals surface area contributed by atoms with Crippen molar-refractivity contribution in [3.63, 3.8) is 0 Å². The molecule has 0 saturated heterocycles. The van der Waals surface area contributed by atoms with E-state index in [1.165, 1.54) is 0 Å². The Kier molecular flexibility index (Phi) is 4.49. The number of aliphatic hydroxyl groups is 1. The summed E-state index contributed by atoms with van der Waals surface area (Å²) in [5.74, 6) is 1.26. The molecule has 0 aliphatic heterocycles. The van der Waals surface area contributed by atoms with Crippen LogP contribution < -0.4 is 10.1 Å². The van der Waals surface area contributed by atoms with E-state index in [2.05, 4.69) is 10.3 Å². The number of pyridine rings is 1. The summed E-state index contributed by atoms with van der Waals surface area (Å²) in [4.78, 5) is 4.27. The molecule has 2 N–H and O–H groups in total. The highest BCUT2D eigenvalue weighted by molar-refractivity contribution is 5.35. The summed E-state index contributed by atoms with van der Waals surface area (Å²) in [5, 5.41) is 12.3. The largest absolute Gasteiger partial charge is 0.439 e. The van der Waals surface area contributed by atoms with Gasteiger partial charge in [-0.3, -0.25) is 0 Å². The molecule has 19 heavy (non-hydrogen) atoms. The fourth-order valence-electron chi connectivity index (χ4n) is 1.79. The number of benzene rings is 1. The van der Waals surface area contributed by atoms with Crippen LogP contribution in [-0.4, -0.2) is 17.1 Å². The van der Waals surface area contributed by atoms with E-state index in [-0.39, 0.29) is 12.6 Å². The van der Waals surface area contributed by atoms with Crippen LogP contribution in [0.25, 0.3) is 0 Å². The molecule has 0 bridgehead atoms. The third kappa shape index (κ3) is 3.30. The van der Waals surface area contributed by atoms with Gasteiger partial charge in [0.2, 0.25) is 5.88 Å². The molecule has 2 rings (SSSR count). The highest BCUT2D eigenvalue weighted by Crippen LogP contribution is 2.27. The van der Waals surface area contributed by atoms with Gasteiger partial charge in [-0.25, -0.2) is 4.98 Å². The zero-order valence-electron chi connectivity index (χ0n) is 11.1. The standard InChI is InChI=1S/C15H18N2O2/c1-11(16-2)14-7-4-8-17-15(14)19-13-6-3-5-12(9-13)10-18/h3-9,11,16,18H,10H2,1-2H3. The van der Waals surface area contributed by atoms with E-state index < -0.39 is 0 Å². The van der Waals surface area contributed by atoms with Gasteiger partial charge < -0.3 is 15.2 Å². The van der Waals surface area contributed by atoms with Crippen molar-refractivity contribution in [3.05, 3.63) is 53.7 Å². The number of rotatable bonds is 5. The molecule has 4 heteroatoms. The van der Waals surface area contributed by atoms with Gasteiger partial charge in [0.15, 0.2) is 0 Å². The number of aliphatic hydroxyl groups excluding tert-OH is 1. The van der Waals surface area contributed by atoms with Gasteiger partial charge in [-0.1, -0.05) is 18.2 Å². The smallest absolute Gasteiger partial charge is 0.223 e. The Hall–Kier alpha value is -1.91. The van der Waals surface area contributed by atoms with Gasteiger partial charge in [0.25, 0.3) is 0 Å². The van der Waals surface area contributed by atoms with E-state index in [1.54, 1.807) is 6.20 Å². The summed E-state index contributed by atoms with van der Waals surface area (Å²) in [6, 6.07) is 11.4. The average Bonchev–Trinajstić information content (AvgIpc) is 2.47. The van der Waals surface area contributed by atoms with Gasteiger partial charge >= 0.3 is 0 Å². The average molecular weight is 258 g/mol. The van der Waals surface area contributed by atoms with Crippen molar-refractivity contribution in [2.24, 2.45) is 0 Å². The van der Waals surface area contributed by atoms with Gasteiger partial charge in [-0.15, -0.1) is 0 Å². The molecule has 1 atom stereocenters. The van der Waals surface area contributed by atoms with Gasteiger partial charge in [-0.05, 0) is 37.7 Å². The number of ether oxygens (including phenoxy) is 1. The Morgan fingerprint density at radius 3 is 2.89 bits per heavy atom. The monoisotopic (exact) mass is 258 g/mol. The van der Waals surface area contributed by atoms with Crippen LogP contribution in [0.2, 0.25) is 0 Å². The molecular weight excluding hydrogens is 240 g/mol. The molecule has 1 aromatic carbocycles. The maximum absolute atomic E-state index is 9.13. The molecule has 1 aromatic heterocycles. The van der Waals surface area contributed by atoms with Gasteiger partial charge in [0.05, 0.1) is 6.61 Å². The molecular formula is C15H18N2O2. The van der Waals surface area contributed by atoms with Gasteiger partial charge in [-0.2, -0.15) is 0 Å². The van der Waals surface area contributed by atoms with Crippen molar-refractivity contribution in [2.45, 2.75) is 19.6 Å². The quantitative estimate of drug-likeness (QED) is 0.865. The SMILES string of the molecule is CNC(C)c1cccnc1Oc1cccc(CO)c1. The molecule has 0 aliphatic carbocycles. The van der Waals surface area contributed by atoms with Gasteiger partial charge in [0.1, 0.15) is 5.75 Å². The molecule has 0 radical (unpaired) electrons. The Morgan fingerprint density at radius 1 is 1.32 bits per heavy atom. The Bertz CT molecular complexity index is 543. The molecule has 0 amide bonds. The highest BCUT2D eigenvalue weighted by atomic mass is 16.5. The lowest BCUT2D eigenvalue weighted by atomic mass is 10.1. The highest BCUT2D eigenvalue weighted by Gasteiger charge is 2.11. The Balaban J connectivity index is 2.27. The summed E-state index contributed by atoms with van der Waals surface area (Å²) < 4.78 is 5.81. The topological polar surface area (TPSA) is 54.4 Å². The fraction of sp³-hybridized carbons (Fsp3) is 0.267. The summed E-state index contributed by atoms with van der Waals surface area (Å²) in [5.41, 5.74) is 1.82. The molecule has 1 unspecified atom stereocenters. The van der Waals surface area contributed by atoms with E-state index in [9.17, 15) is 0 Å². The third-order valence-electron chi connectivity index (χ3n) is 3.00. The molecule has 0 fully saturated rings. The summed E-state index contributed by atoms with van der Waals surface area (Å²) >= 11 is 0. The third-order valence-corrected chi connectivity index (χ3v) is 3.00. The number of hydrogen-bond donors (Lipinski definition) is 2. The van der Waals surface area contributed by atoms with Crippen LogP contribution in [0.3, 0.4) is 0 Å². The van der Waals surface area contributed by atoms with E-state index in [0.29, 0.717) is 11.6 Å². The fourth-order valence-corrected chi connectivity index (χ4v) is 1.79. The minimum Gasteiger partial charge on any atom is -0.439 e. The minimum absolute atomic E-state index is 0.000800. The maximum atomic E-state index is 9.13. The second-order valence-corrected chi connectivity index (χ2v) is 4.32. The minimum atomic E-state index is -0.000800. The first-order chi connectivity index (χ1) is 9.24. The Labute approximate surface area is 113 Å². The van der Waals surface area contributed by atoms with Crippen molar-refractivity contribution < 1.29 is 9.84 Å². The molecule has 2 aromatic rings. The first-order valence-corrected chi connectivity index (χ1v) is 6.24. The lowest BCUT2D eigenvalue weighted by molar-refractivity contribution is 0.281. The first kappa shape index (κ1) is 13.5. The second-order valence-electron chi connectivity index (χ2n) is 4.32. The van der Waals surface area contributed by atoms with Crippen LogP contribution in [-0.2, 0) is 6.61 Å². The number of aromatic nitrogens is 1. The van der Waals surface area contributed by atoms with E-state index in [4.69, 9.17) is 9.84 Å². The van der Waals surface area contributed by atoms with Crippen LogP contribution in [0.15, 0.2) is 42.6 Å². The lowest BCUT2D eigenvalue weighted by Gasteiger charge is -2.15. The van der Waals surface area contributed by atoms with Crippen LogP contribution in [0, 0.1) is 0 Å². The number of nitrogens with one attached hydrogen (secondary N) is 1. The van der Waals surface area contributed by atoms with Crippen molar-refractivity contribution in [2.75, 3.05) is 7.05 Å². The van der Waals surface area contributed by atoms with Crippen molar-refractivity contribution in [1.82, 2.24) is 10.3 Å². The van der Waals surface area contributed by atoms with Crippen LogP contribution in [0.4, 0.5) is 0 Å². The van der Waals surface area contributed by atoms with Crippen LogP contribution >= 0.6 is 0 Å². The van der Waals surface area contributed by atoms with Crippen molar-refractivity contribution in [1.29, 1.82) is 0 Å². The lowest BCUT2D eigenvalue weighted by Crippen LogP contribution is -2.13. The molecule has 1 heterocycles. The molecule has 100 valence electrons. The predicted octanol–water partition coefficient (Wildman–Crippen LogP) is 2.65. The molecule has 0 aliphatic rings. The van der Waals surface area contributed by atoms with E-state index >= 15 is 0 Å². The zero-order valence-corrected chi connectivity index (χ0v) is 11.1. The summed E-state index contributed by atoms with van der Waals surface area (Å²) in [7, 11) is 1.90. The van der Waals surface area contributed by atoms with Crippen molar-refractivity contribution in [3.8, 4) is 11.6 Å². The van der Waals surface area contributed by atoms with Crippen molar-refractivity contribution >= 4 is 0 Å². The molecule has 0 saturated carbocycles. The molecule has 4 nitrogen and oxygen atoms in total. The van der Waals surface area contributed by atoms with Gasteiger partial charge in [0, 0.05) is 17.8 Å². The van der Waals surface area contributed by atoms with E-state index in [0.717, 1.165) is 11.1 Å². The normalized spacial score (nSPS) is 12.2. The Morgan fingerprint density at radius 2 is 2.16 bits per heavy atom. The zero-order chi connectivity index (χ0) is 13.7. The van der Waals surface area contributed by atoms with Crippen LogP contribution in [0.1, 0.15) is 24.1 Å². The van der Waals surface area contributed by atoms with Crippen LogP contribution in [0.5, 0.6) is 11.6 Å². The maximum Gasteiger partial charge on any atom is 0.223 e. The second kappa shape index (κ2) is 6.31.